The fourth-order valence-corrected chi connectivity index (χ4v) is 1.16. The average Bonchev–Trinajstić information content (AvgIpc) is 1.94. The summed E-state index contributed by atoms with van der Waals surface area (Å²) in [7, 11) is 0. The van der Waals surface area contributed by atoms with E-state index >= 15 is 0 Å². The zero-order valence-electron chi connectivity index (χ0n) is 7.93. The van der Waals surface area contributed by atoms with E-state index in [2.05, 4.69) is 0 Å². The van der Waals surface area contributed by atoms with Gasteiger partial charge in [-0.05, 0) is 11.5 Å². The minimum Gasteiger partial charge on any atom is -0.504 e. The number of benzene rings is 1. The molecule has 0 aromatic heterocycles. The molecule has 0 spiro atoms. The summed E-state index contributed by atoms with van der Waals surface area (Å²) in [5.74, 6) is -1.20. The van der Waals surface area contributed by atoms with Crippen LogP contribution in [-0.2, 0) is 5.41 Å². The molecule has 0 heterocycles. The zero-order valence-corrected chi connectivity index (χ0v) is 7.93. The third-order valence-corrected chi connectivity index (χ3v) is 1.86. The van der Waals surface area contributed by atoms with Crippen LogP contribution in [0.15, 0.2) is 12.1 Å². The molecule has 3 heteroatoms. The summed E-state index contributed by atoms with van der Waals surface area (Å²) < 4.78 is 12.9. The van der Waals surface area contributed by atoms with Crippen molar-refractivity contribution in [2.45, 2.75) is 26.2 Å². The van der Waals surface area contributed by atoms with E-state index in [1.807, 2.05) is 20.8 Å². The third-order valence-electron chi connectivity index (χ3n) is 1.86. The van der Waals surface area contributed by atoms with Gasteiger partial charge in [0.25, 0.3) is 0 Å². The first-order valence-electron chi connectivity index (χ1n) is 4.04. The van der Waals surface area contributed by atoms with Crippen LogP contribution < -0.4 is 0 Å². The lowest BCUT2D eigenvalue weighted by atomic mass is 9.86. The molecule has 1 aromatic carbocycles. The van der Waals surface area contributed by atoms with Crippen LogP contribution >= 0.6 is 0 Å². The van der Waals surface area contributed by atoms with Crippen molar-refractivity contribution in [3.8, 4) is 11.5 Å². The van der Waals surface area contributed by atoms with E-state index in [-0.39, 0.29) is 11.2 Å². The highest BCUT2D eigenvalue weighted by atomic mass is 19.1. The fraction of sp³-hybridized carbons (Fsp3) is 0.400. The van der Waals surface area contributed by atoms with Gasteiger partial charge < -0.3 is 10.2 Å². The fourth-order valence-electron chi connectivity index (χ4n) is 1.16. The zero-order chi connectivity index (χ0) is 10.2. The van der Waals surface area contributed by atoms with Gasteiger partial charge >= 0.3 is 0 Å². The van der Waals surface area contributed by atoms with Crippen LogP contribution in [-0.4, -0.2) is 10.2 Å². The highest BCUT2D eigenvalue weighted by Crippen LogP contribution is 2.37. The first-order valence-corrected chi connectivity index (χ1v) is 4.04. The predicted octanol–water partition coefficient (Wildman–Crippen LogP) is 2.53. The Balaban J connectivity index is 3.37. The molecule has 0 aliphatic heterocycles. The van der Waals surface area contributed by atoms with Gasteiger partial charge in [-0.3, -0.25) is 0 Å². The molecule has 0 bridgehead atoms. The van der Waals surface area contributed by atoms with E-state index in [1.54, 1.807) is 0 Å². The Morgan fingerprint density at radius 2 is 1.69 bits per heavy atom. The number of aromatic hydroxyl groups is 2. The van der Waals surface area contributed by atoms with E-state index in [9.17, 15) is 9.50 Å². The van der Waals surface area contributed by atoms with Crippen molar-refractivity contribution in [2.24, 2.45) is 0 Å². The second-order valence-electron chi connectivity index (χ2n) is 4.07. The van der Waals surface area contributed by atoms with Crippen LogP contribution in [0, 0.1) is 5.82 Å². The van der Waals surface area contributed by atoms with Gasteiger partial charge in [-0.15, -0.1) is 0 Å². The Hall–Kier alpha value is -1.25. The summed E-state index contributed by atoms with van der Waals surface area (Å²) in [5.41, 5.74) is 0.0222. The van der Waals surface area contributed by atoms with Crippen molar-refractivity contribution in [3.63, 3.8) is 0 Å². The standard InChI is InChI=1S/C10H13FO2/c1-10(2,3)7-4-6(11)5-8(12)9(7)13/h4-5,12-13H,1-3H3. The molecule has 0 aliphatic rings. The van der Waals surface area contributed by atoms with Crippen LogP contribution in [0.3, 0.4) is 0 Å². The van der Waals surface area contributed by atoms with Crippen molar-refractivity contribution in [2.75, 3.05) is 0 Å². The molecule has 0 unspecified atom stereocenters. The van der Waals surface area contributed by atoms with E-state index in [4.69, 9.17) is 5.11 Å². The van der Waals surface area contributed by atoms with Crippen LogP contribution in [0.4, 0.5) is 4.39 Å². The summed E-state index contributed by atoms with van der Waals surface area (Å²) in [5, 5.41) is 18.6. The smallest absolute Gasteiger partial charge is 0.161 e. The maximum atomic E-state index is 12.9. The molecule has 0 saturated carbocycles. The Kier molecular flexibility index (Phi) is 2.20. The van der Waals surface area contributed by atoms with Crippen LogP contribution in [0.1, 0.15) is 26.3 Å². The van der Waals surface area contributed by atoms with Gasteiger partial charge in [0.1, 0.15) is 5.82 Å². The van der Waals surface area contributed by atoms with Gasteiger partial charge in [0.15, 0.2) is 11.5 Å². The highest BCUT2D eigenvalue weighted by Gasteiger charge is 2.21. The van der Waals surface area contributed by atoms with Crippen LogP contribution in [0.2, 0.25) is 0 Å². The maximum absolute atomic E-state index is 12.9. The highest BCUT2D eigenvalue weighted by molar-refractivity contribution is 5.47. The monoisotopic (exact) mass is 184 g/mol. The molecule has 13 heavy (non-hydrogen) atoms. The molecule has 0 aliphatic carbocycles. The second kappa shape index (κ2) is 2.91. The number of rotatable bonds is 0. The van der Waals surface area contributed by atoms with Gasteiger partial charge in [-0.1, -0.05) is 20.8 Å². The molecule has 0 amide bonds. The first kappa shape index (κ1) is 9.84. The number of hydrogen-bond donors (Lipinski definition) is 2. The average molecular weight is 184 g/mol. The normalized spacial score (nSPS) is 11.7. The van der Waals surface area contributed by atoms with Crippen LogP contribution in [0.5, 0.6) is 11.5 Å². The van der Waals surface area contributed by atoms with E-state index in [0.29, 0.717) is 5.56 Å². The van der Waals surface area contributed by atoms with Crippen molar-refractivity contribution < 1.29 is 14.6 Å². The predicted molar refractivity (Wildman–Crippen MR) is 48.4 cm³/mol. The molecular formula is C10H13FO2. The van der Waals surface area contributed by atoms with Crippen LogP contribution in [0.25, 0.3) is 0 Å². The SMILES string of the molecule is CC(C)(C)c1cc(F)cc(O)c1O. The Morgan fingerprint density at radius 1 is 1.15 bits per heavy atom. The molecule has 1 rings (SSSR count). The van der Waals surface area contributed by atoms with E-state index in [1.165, 1.54) is 6.07 Å². The lowest BCUT2D eigenvalue weighted by molar-refractivity contribution is 0.384. The van der Waals surface area contributed by atoms with Crippen molar-refractivity contribution >= 4 is 0 Å². The molecule has 1 aromatic rings. The lowest BCUT2D eigenvalue weighted by Gasteiger charge is -2.20. The summed E-state index contributed by atoms with van der Waals surface area (Å²) in [6.07, 6.45) is 0. The van der Waals surface area contributed by atoms with Crippen molar-refractivity contribution in [3.05, 3.63) is 23.5 Å². The molecule has 2 N–H and O–H groups in total. The van der Waals surface area contributed by atoms with E-state index in [0.717, 1.165) is 6.07 Å². The lowest BCUT2D eigenvalue weighted by Crippen LogP contribution is -2.11. The van der Waals surface area contributed by atoms with E-state index < -0.39 is 11.6 Å². The van der Waals surface area contributed by atoms with Gasteiger partial charge in [-0.25, -0.2) is 4.39 Å². The largest absolute Gasteiger partial charge is 0.504 e. The molecular weight excluding hydrogens is 171 g/mol. The number of phenolic OH excluding ortho intramolecular Hbond substituents is 2. The molecule has 0 radical (unpaired) electrons. The number of halogens is 1. The van der Waals surface area contributed by atoms with Crippen molar-refractivity contribution in [1.29, 1.82) is 0 Å². The van der Waals surface area contributed by atoms with Gasteiger partial charge in [-0.2, -0.15) is 0 Å². The third kappa shape index (κ3) is 1.91. The second-order valence-corrected chi connectivity index (χ2v) is 4.07. The Labute approximate surface area is 76.6 Å². The minimum absolute atomic E-state index is 0.242. The van der Waals surface area contributed by atoms with Gasteiger partial charge in [0.2, 0.25) is 0 Å². The van der Waals surface area contributed by atoms with Crippen molar-refractivity contribution in [1.82, 2.24) is 0 Å². The number of phenols is 2. The molecule has 72 valence electrons. The molecule has 0 saturated heterocycles. The first-order chi connectivity index (χ1) is 5.82. The summed E-state index contributed by atoms with van der Waals surface area (Å²) >= 11 is 0. The van der Waals surface area contributed by atoms with Gasteiger partial charge in [0.05, 0.1) is 0 Å². The number of hydrogen-bond acceptors (Lipinski definition) is 2. The topological polar surface area (TPSA) is 40.5 Å². The summed E-state index contributed by atoms with van der Waals surface area (Å²) in [4.78, 5) is 0. The summed E-state index contributed by atoms with van der Waals surface area (Å²) in [6, 6.07) is 2.12. The Bertz CT molecular complexity index is 326. The summed E-state index contributed by atoms with van der Waals surface area (Å²) in [6.45, 7) is 5.50. The molecule has 2 nitrogen and oxygen atoms in total. The Morgan fingerprint density at radius 3 is 2.15 bits per heavy atom. The molecule has 0 fully saturated rings. The molecule has 0 atom stereocenters. The van der Waals surface area contributed by atoms with Gasteiger partial charge in [0, 0.05) is 11.6 Å². The quantitative estimate of drug-likeness (QED) is 0.608. The minimum atomic E-state index is -0.541. The maximum Gasteiger partial charge on any atom is 0.161 e.